The third-order valence-electron chi connectivity index (χ3n) is 3.53. The second kappa shape index (κ2) is 16.3. The van der Waals surface area contributed by atoms with E-state index < -0.39 is 0 Å². The van der Waals surface area contributed by atoms with Gasteiger partial charge < -0.3 is 9.47 Å². The van der Waals surface area contributed by atoms with E-state index in [0.29, 0.717) is 26.1 Å². The molecule has 0 rings (SSSR count). The molecule has 0 spiro atoms. The summed E-state index contributed by atoms with van der Waals surface area (Å²) < 4.78 is 10.3. The van der Waals surface area contributed by atoms with Gasteiger partial charge in [-0.25, -0.2) is 0 Å². The Bertz CT molecular complexity index is 276. The molecule has 130 valence electrons. The predicted molar refractivity (Wildman–Crippen MR) is 88.7 cm³/mol. The van der Waals surface area contributed by atoms with Crippen LogP contribution in [0.5, 0.6) is 0 Å². The summed E-state index contributed by atoms with van der Waals surface area (Å²) in [6.45, 7) is 5.37. The largest absolute Gasteiger partial charge is 0.466 e. The van der Waals surface area contributed by atoms with E-state index >= 15 is 0 Å². The van der Waals surface area contributed by atoms with Crippen molar-refractivity contribution in [3.8, 4) is 0 Å². The molecular weight excluding hydrogens is 280 g/mol. The van der Waals surface area contributed by atoms with Gasteiger partial charge in [-0.2, -0.15) is 0 Å². The highest BCUT2D eigenvalue weighted by Crippen LogP contribution is 2.06. The molecule has 0 aromatic rings. The molecule has 4 heteroatoms. The molecular formula is C18H34O4. The minimum Gasteiger partial charge on any atom is -0.466 e. The number of esters is 2. The van der Waals surface area contributed by atoms with E-state index in [1.807, 2.05) is 0 Å². The minimum absolute atomic E-state index is 0.112. The number of hydrogen-bond donors (Lipinski definition) is 0. The summed E-state index contributed by atoms with van der Waals surface area (Å²) in [4.78, 5) is 22.9. The normalized spacial score (nSPS) is 10.5. The first kappa shape index (κ1) is 20.9. The van der Waals surface area contributed by atoms with Gasteiger partial charge in [0.05, 0.1) is 13.2 Å². The van der Waals surface area contributed by atoms with E-state index in [0.717, 1.165) is 51.4 Å². The molecule has 0 fully saturated rings. The van der Waals surface area contributed by atoms with Crippen LogP contribution in [0.15, 0.2) is 0 Å². The molecule has 0 heterocycles. The summed E-state index contributed by atoms with van der Waals surface area (Å²) in [5.41, 5.74) is 0. The SMILES string of the molecule is CCCCCCOC(=O)CCCCCC(=O)OCCCCC. The first-order valence-corrected chi connectivity index (χ1v) is 9.02. The summed E-state index contributed by atoms with van der Waals surface area (Å²) in [6, 6.07) is 0. The molecule has 4 nitrogen and oxygen atoms in total. The van der Waals surface area contributed by atoms with Crippen LogP contribution in [-0.2, 0) is 19.1 Å². The number of ether oxygens (including phenoxy) is 2. The van der Waals surface area contributed by atoms with E-state index in [-0.39, 0.29) is 11.9 Å². The van der Waals surface area contributed by atoms with Gasteiger partial charge in [0, 0.05) is 12.8 Å². The molecule has 0 aromatic heterocycles. The zero-order chi connectivity index (χ0) is 16.5. The lowest BCUT2D eigenvalue weighted by atomic mass is 10.1. The lowest BCUT2D eigenvalue weighted by Crippen LogP contribution is -2.07. The van der Waals surface area contributed by atoms with Crippen LogP contribution in [0.1, 0.15) is 90.9 Å². The van der Waals surface area contributed by atoms with Crippen LogP contribution in [0.2, 0.25) is 0 Å². The molecule has 0 saturated heterocycles. The molecule has 0 bridgehead atoms. The van der Waals surface area contributed by atoms with Crippen molar-refractivity contribution in [2.45, 2.75) is 90.9 Å². The van der Waals surface area contributed by atoms with Crippen LogP contribution < -0.4 is 0 Å². The molecule has 22 heavy (non-hydrogen) atoms. The Morgan fingerprint density at radius 3 is 1.50 bits per heavy atom. The summed E-state index contributed by atoms with van der Waals surface area (Å²) in [5.74, 6) is -0.228. The van der Waals surface area contributed by atoms with Gasteiger partial charge in [0.25, 0.3) is 0 Å². The molecule has 0 aliphatic heterocycles. The van der Waals surface area contributed by atoms with E-state index in [1.165, 1.54) is 12.8 Å². The highest BCUT2D eigenvalue weighted by molar-refractivity contribution is 5.69. The number of hydrogen-bond acceptors (Lipinski definition) is 4. The highest BCUT2D eigenvalue weighted by Gasteiger charge is 2.05. The molecule has 0 N–H and O–H groups in total. The van der Waals surface area contributed by atoms with Crippen molar-refractivity contribution in [2.75, 3.05) is 13.2 Å². The summed E-state index contributed by atoms with van der Waals surface area (Å²) >= 11 is 0. The van der Waals surface area contributed by atoms with Crippen molar-refractivity contribution in [3.05, 3.63) is 0 Å². The van der Waals surface area contributed by atoms with Gasteiger partial charge in [0.15, 0.2) is 0 Å². The first-order chi connectivity index (χ1) is 10.7. The Balaban J connectivity index is 3.30. The highest BCUT2D eigenvalue weighted by atomic mass is 16.5. The maximum Gasteiger partial charge on any atom is 0.305 e. The Morgan fingerprint density at radius 1 is 0.591 bits per heavy atom. The molecule has 0 atom stereocenters. The minimum atomic E-state index is -0.116. The number of rotatable bonds is 15. The maximum atomic E-state index is 11.5. The number of carbonyl (C=O) groups excluding carboxylic acids is 2. The third kappa shape index (κ3) is 15.3. The quantitative estimate of drug-likeness (QED) is 0.322. The molecule has 0 saturated carbocycles. The summed E-state index contributed by atoms with van der Waals surface area (Å²) in [5, 5.41) is 0. The fourth-order valence-electron chi connectivity index (χ4n) is 2.11. The molecule has 0 aliphatic rings. The van der Waals surface area contributed by atoms with Gasteiger partial charge in [0.2, 0.25) is 0 Å². The van der Waals surface area contributed by atoms with Crippen molar-refractivity contribution in [1.29, 1.82) is 0 Å². The predicted octanol–water partition coefficient (Wildman–Crippen LogP) is 4.79. The second-order valence-electron chi connectivity index (χ2n) is 5.77. The van der Waals surface area contributed by atoms with Crippen LogP contribution in [0, 0.1) is 0 Å². The maximum absolute atomic E-state index is 11.5. The first-order valence-electron chi connectivity index (χ1n) is 9.02. The van der Waals surface area contributed by atoms with Gasteiger partial charge in [-0.3, -0.25) is 9.59 Å². The summed E-state index contributed by atoms with van der Waals surface area (Å²) in [7, 11) is 0. The third-order valence-corrected chi connectivity index (χ3v) is 3.53. The van der Waals surface area contributed by atoms with Crippen LogP contribution in [0.25, 0.3) is 0 Å². The van der Waals surface area contributed by atoms with E-state index in [4.69, 9.17) is 9.47 Å². The van der Waals surface area contributed by atoms with E-state index in [1.54, 1.807) is 0 Å². The lowest BCUT2D eigenvalue weighted by molar-refractivity contribution is -0.144. The Kier molecular flexibility index (Phi) is 15.5. The van der Waals surface area contributed by atoms with Gasteiger partial charge in [-0.05, 0) is 25.7 Å². The van der Waals surface area contributed by atoms with Gasteiger partial charge in [-0.15, -0.1) is 0 Å². The van der Waals surface area contributed by atoms with Crippen molar-refractivity contribution in [2.24, 2.45) is 0 Å². The van der Waals surface area contributed by atoms with E-state index in [2.05, 4.69) is 13.8 Å². The van der Waals surface area contributed by atoms with Gasteiger partial charge >= 0.3 is 11.9 Å². The van der Waals surface area contributed by atoms with Crippen molar-refractivity contribution >= 4 is 11.9 Å². The van der Waals surface area contributed by atoms with Crippen LogP contribution >= 0.6 is 0 Å². The zero-order valence-corrected chi connectivity index (χ0v) is 14.5. The average molecular weight is 314 g/mol. The van der Waals surface area contributed by atoms with Crippen LogP contribution in [0.4, 0.5) is 0 Å². The zero-order valence-electron chi connectivity index (χ0n) is 14.5. The Morgan fingerprint density at radius 2 is 1.00 bits per heavy atom. The fraction of sp³-hybridized carbons (Fsp3) is 0.889. The Hall–Kier alpha value is -1.06. The van der Waals surface area contributed by atoms with Crippen molar-refractivity contribution in [1.82, 2.24) is 0 Å². The smallest absolute Gasteiger partial charge is 0.305 e. The Labute approximate surface area is 135 Å². The summed E-state index contributed by atoms with van der Waals surface area (Å²) in [6.07, 6.45) is 11.0. The number of carbonyl (C=O) groups is 2. The van der Waals surface area contributed by atoms with Gasteiger partial charge in [0.1, 0.15) is 0 Å². The average Bonchev–Trinajstić information content (AvgIpc) is 2.51. The fourth-order valence-corrected chi connectivity index (χ4v) is 2.11. The van der Waals surface area contributed by atoms with Crippen molar-refractivity contribution in [3.63, 3.8) is 0 Å². The molecule has 0 radical (unpaired) electrons. The topological polar surface area (TPSA) is 52.6 Å². The van der Waals surface area contributed by atoms with Crippen LogP contribution in [0.3, 0.4) is 0 Å². The molecule has 0 aromatic carbocycles. The van der Waals surface area contributed by atoms with Crippen LogP contribution in [-0.4, -0.2) is 25.2 Å². The van der Waals surface area contributed by atoms with E-state index in [9.17, 15) is 9.59 Å². The molecule has 0 amide bonds. The van der Waals surface area contributed by atoms with Crippen molar-refractivity contribution < 1.29 is 19.1 Å². The standard InChI is InChI=1S/C18H34O4/c1-3-5-7-12-16-22-18(20)14-10-8-9-13-17(19)21-15-11-6-4-2/h3-16H2,1-2H3. The second-order valence-corrected chi connectivity index (χ2v) is 5.77. The molecule has 0 unspecified atom stereocenters. The van der Waals surface area contributed by atoms with Gasteiger partial charge in [-0.1, -0.05) is 52.4 Å². The number of unbranched alkanes of at least 4 members (excludes halogenated alkanes) is 7. The lowest BCUT2D eigenvalue weighted by Gasteiger charge is -2.05. The molecule has 0 aliphatic carbocycles. The monoisotopic (exact) mass is 314 g/mol.